The summed E-state index contributed by atoms with van der Waals surface area (Å²) in [6, 6.07) is 3.95. The molecule has 0 bridgehead atoms. The maximum absolute atomic E-state index is 5.97. The van der Waals surface area contributed by atoms with E-state index in [0.717, 1.165) is 30.9 Å². The Balaban J connectivity index is 1.54. The molecule has 2 aromatic heterocycles. The molecule has 0 unspecified atom stereocenters. The minimum Gasteiger partial charge on any atom is -0.477 e. The van der Waals surface area contributed by atoms with E-state index in [1.54, 1.807) is 24.8 Å². The molecule has 116 valence electrons. The van der Waals surface area contributed by atoms with E-state index in [2.05, 4.69) is 19.9 Å². The normalized spacial score (nSPS) is 17.7. The quantitative estimate of drug-likeness (QED) is 0.814. The Morgan fingerprint density at radius 3 is 2.91 bits per heavy atom. The number of hydrogen-bond acceptors (Lipinski definition) is 6. The van der Waals surface area contributed by atoms with E-state index in [4.69, 9.17) is 9.47 Å². The van der Waals surface area contributed by atoms with E-state index >= 15 is 0 Å². The van der Waals surface area contributed by atoms with Gasteiger partial charge in [0, 0.05) is 25.5 Å². The van der Waals surface area contributed by atoms with Crippen LogP contribution in [-0.4, -0.2) is 40.8 Å². The molecule has 6 heteroatoms. The second kappa shape index (κ2) is 7.17. The summed E-state index contributed by atoms with van der Waals surface area (Å²) in [5.41, 5.74) is 1.14. The Morgan fingerprint density at radius 1 is 1.23 bits per heavy atom. The molecule has 3 heterocycles. The summed E-state index contributed by atoms with van der Waals surface area (Å²) >= 11 is 0. The van der Waals surface area contributed by atoms with Crippen LogP contribution in [0.4, 0.5) is 5.82 Å². The summed E-state index contributed by atoms with van der Waals surface area (Å²) < 4.78 is 11.4. The molecular formula is C16H20N4O2. The van der Waals surface area contributed by atoms with Crippen LogP contribution in [-0.2, 0) is 11.3 Å². The summed E-state index contributed by atoms with van der Waals surface area (Å²) in [6.07, 6.45) is 8.19. The molecule has 0 spiro atoms. The van der Waals surface area contributed by atoms with Crippen molar-refractivity contribution in [3.63, 3.8) is 0 Å². The smallest absolute Gasteiger partial charge is 0.234 e. The highest BCUT2D eigenvalue weighted by Crippen LogP contribution is 2.21. The van der Waals surface area contributed by atoms with Crippen molar-refractivity contribution in [3.8, 4) is 5.88 Å². The van der Waals surface area contributed by atoms with Crippen molar-refractivity contribution in [3.05, 3.63) is 42.5 Å². The van der Waals surface area contributed by atoms with Gasteiger partial charge >= 0.3 is 0 Å². The lowest BCUT2D eigenvalue weighted by atomic mass is 10.3. The molecule has 0 aliphatic carbocycles. The number of hydrogen-bond donors (Lipinski definition) is 0. The van der Waals surface area contributed by atoms with Crippen LogP contribution in [0.1, 0.15) is 18.9 Å². The van der Waals surface area contributed by atoms with Gasteiger partial charge in [-0.3, -0.25) is 9.97 Å². The van der Waals surface area contributed by atoms with Crippen molar-refractivity contribution < 1.29 is 9.47 Å². The van der Waals surface area contributed by atoms with E-state index in [9.17, 15) is 0 Å². The zero-order valence-corrected chi connectivity index (χ0v) is 12.7. The van der Waals surface area contributed by atoms with Gasteiger partial charge in [0.05, 0.1) is 31.7 Å². The van der Waals surface area contributed by atoms with Crippen LogP contribution >= 0.6 is 0 Å². The second-order valence-electron chi connectivity index (χ2n) is 5.17. The molecule has 0 saturated carbocycles. The van der Waals surface area contributed by atoms with Crippen LogP contribution in [0.15, 0.2) is 36.9 Å². The number of rotatable bonds is 6. The van der Waals surface area contributed by atoms with Gasteiger partial charge in [0.1, 0.15) is 0 Å². The molecule has 1 aliphatic rings. The van der Waals surface area contributed by atoms with Crippen LogP contribution in [0, 0.1) is 0 Å². The third-order valence-corrected chi connectivity index (χ3v) is 3.60. The first-order chi connectivity index (χ1) is 10.8. The van der Waals surface area contributed by atoms with Crippen LogP contribution in [0.25, 0.3) is 0 Å². The van der Waals surface area contributed by atoms with Crippen molar-refractivity contribution in [2.45, 2.75) is 26.1 Å². The molecule has 22 heavy (non-hydrogen) atoms. The molecule has 3 rings (SSSR count). The Hall–Kier alpha value is -2.21. The van der Waals surface area contributed by atoms with E-state index < -0.39 is 0 Å². The zero-order valence-electron chi connectivity index (χ0n) is 12.7. The van der Waals surface area contributed by atoms with E-state index in [1.165, 1.54) is 0 Å². The number of pyridine rings is 1. The van der Waals surface area contributed by atoms with Gasteiger partial charge in [-0.1, -0.05) is 0 Å². The monoisotopic (exact) mass is 300 g/mol. The predicted octanol–water partition coefficient (Wildman–Crippen LogP) is 2.07. The predicted molar refractivity (Wildman–Crippen MR) is 82.8 cm³/mol. The van der Waals surface area contributed by atoms with Gasteiger partial charge in [0.15, 0.2) is 5.82 Å². The summed E-state index contributed by atoms with van der Waals surface area (Å²) in [7, 11) is 0. The molecule has 0 amide bonds. The molecule has 1 aliphatic heterocycles. The first-order valence-electron chi connectivity index (χ1n) is 7.55. The SMILES string of the molecule is CCOc1cncc(N2CC[C@H](OCc3ccncc3)C2)n1. The average molecular weight is 300 g/mol. The molecule has 1 fully saturated rings. The van der Waals surface area contributed by atoms with Gasteiger partial charge in [0.2, 0.25) is 5.88 Å². The molecule has 1 saturated heterocycles. The minimum atomic E-state index is 0.214. The van der Waals surface area contributed by atoms with Crippen molar-refractivity contribution in [2.24, 2.45) is 0 Å². The first-order valence-corrected chi connectivity index (χ1v) is 7.55. The van der Waals surface area contributed by atoms with E-state index in [-0.39, 0.29) is 6.10 Å². The lowest BCUT2D eigenvalue weighted by Gasteiger charge is -2.17. The van der Waals surface area contributed by atoms with Gasteiger partial charge in [-0.25, -0.2) is 0 Å². The summed E-state index contributed by atoms with van der Waals surface area (Å²) in [5.74, 6) is 1.42. The molecule has 6 nitrogen and oxygen atoms in total. The van der Waals surface area contributed by atoms with Crippen LogP contribution in [0.5, 0.6) is 5.88 Å². The lowest BCUT2D eigenvalue weighted by Crippen LogP contribution is -2.24. The Morgan fingerprint density at radius 2 is 2.09 bits per heavy atom. The fraction of sp³-hybridized carbons (Fsp3) is 0.438. The number of ether oxygens (including phenoxy) is 2. The molecule has 0 aromatic carbocycles. The largest absolute Gasteiger partial charge is 0.477 e. The lowest BCUT2D eigenvalue weighted by molar-refractivity contribution is 0.0553. The van der Waals surface area contributed by atoms with Crippen LogP contribution < -0.4 is 9.64 Å². The Kier molecular flexibility index (Phi) is 4.80. The summed E-state index contributed by atoms with van der Waals surface area (Å²) in [6.45, 7) is 4.90. The molecule has 0 radical (unpaired) electrons. The van der Waals surface area contributed by atoms with Gasteiger partial charge in [-0.15, -0.1) is 0 Å². The number of aromatic nitrogens is 3. The van der Waals surface area contributed by atoms with Crippen LogP contribution in [0.2, 0.25) is 0 Å². The van der Waals surface area contributed by atoms with Crippen molar-refractivity contribution in [1.82, 2.24) is 15.0 Å². The standard InChI is InChI=1S/C16H20N4O2/c1-2-21-16-10-18-9-15(19-16)20-8-5-14(11-20)22-12-13-3-6-17-7-4-13/h3-4,6-7,9-10,14H,2,5,8,11-12H2,1H3/t14-/m0/s1. The first kappa shape index (κ1) is 14.7. The fourth-order valence-electron chi connectivity index (χ4n) is 2.47. The summed E-state index contributed by atoms with van der Waals surface area (Å²) in [5, 5.41) is 0. The maximum Gasteiger partial charge on any atom is 0.234 e. The topological polar surface area (TPSA) is 60.4 Å². The van der Waals surface area contributed by atoms with E-state index in [0.29, 0.717) is 19.1 Å². The second-order valence-corrected chi connectivity index (χ2v) is 5.17. The van der Waals surface area contributed by atoms with Crippen LogP contribution in [0.3, 0.4) is 0 Å². The van der Waals surface area contributed by atoms with Gasteiger partial charge < -0.3 is 14.4 Å². The maximum atomic E-state index is 5.97. The van der Waals surface area contributed by atoms with Gasteiger partial charge in [0.25, 0.3) is 0 Å². The highest BCUT2D eigenvalue weighted by Gasteiger charge is 2.24. The fourth-order valence-corrected chi connectivity index (χ4v) is 2.47. The minimum absolute atomic E-state index is 0.214. The third kappa shape index (κ3) is 3.71. The van der Waals surface area contributed by atoms with Gasteiger partial charge in [-0.05, 0) is 31.0 Å². The van der Waals surface area contributed by atoms with Crippen molar-refractivity contribution in [1.29, 1.82) is 0 Å². The third-order valence-electron chi connectivity index (χ3n) is 3.60. The van der Waals surface area contributed by atoms with Crippen molar-refractivity contribution in [2.75, 3.05) is 24.6 Å². The summed E-state index contributed by atoms with van der Waals surface area (Å²) in [4.78, 5) is 14.9. The molecular weight excluding hydrogens is 280 g/mol. The molecule has 1 atom stereocenters. The molecule has 0 N–H and O–H groups in total. The Bertz CT molecular complexity index is 594. The highest BCUT2D eigenvalue weighted by molar-refractivity contribution is 5.39. The number of anilines is 1. The van der Waals surface area contributed by atoms with E-state index in [1.807, 2.05) is 19.1 Å². The molecule has 2 aromatic rings. The van der Waals surface area contributed by atoms with Crippen molar-refractivity contribution >= 4 is 5.82 Å². The highest BCUT2D eigenvalue weighted by atomic mass is 16.5. The Labute approximate surface area is 130 Å². The average Bonchev–Trinajstić information content (AvgIpc) is 3.04. The van der Waals surface area contributed by atoms with Gasteiger partial charge in [-0.2, -0.15) is 4.98 Å². The zero-order chi connectivity index (χ0) is 15.2. The number of nitrogens with zero attached hydrogens (tertiary/aromatic N) is 4.